The summed E-state index contributed by atoms with van der Waals surface area (Å²) in [5.74, 6) is 0.749. The zero-order valence-corrected chi connectivity index (χ0v) is 20.6. The van der Waals surface area contributed by atoms with Crippen molar-refractivity contribution in [1.82, 2.24) is 9.97 Å². The molecule has 1 aliphatic carbocycles. The van der Waals surface area contributed by atoms with Crippen molar-refractivity contribution in [3.63, 3.8) is 0 Å². The van der Waals surface area contributed by atoms with E-state index >= 15 is 0 Å². The average molecular weight is 483 g/mol. The van der Waals surface area contributed by atoms with Gasteiger partial charge in [0.05, 0.1) is 11.2 Å². The monoisotopic (exact) mass is 482 g/mol. The van der Waals surface area contributed by atoms with Crippen LogP contribution in [0.3, 0.4) is 0 Å². The molecule has 0 amide bonds. The Hall–Kier alpha value is -5.08. The quantitative estimate of drug-likeness (QED) is 0.251. The summed E-state index contributed by atoms with van der Waals surface area (Å²) in [6.07, 6.45) is 0. The highest BCUT2D eigenvalue weighted by Gasteiger charge is 2.24. The molecule has 2 nitrogen and oxygen atoms in total. The molecular formula is C36H22N2. The summed E-state index contributed by atoms with van der Waals surface area (Å²) < 4.78 is 0. The number of nitrogens with zero attached hydrogens (tertiary/aromatic N) is 2. The highest BCUT2D eigenvalue weighted by atomic mass is 14.9. The fraction of sp³-hybridized carbons (Fsp3) is 0. The van der Waals surface area contributed by atoms with Gasteiger partial charge in [0.2, 0.25) is 0 Å². The Morgan fingerprint density at radius 2 is 1.03 bits per heavy atom. The van der Waals surface area contributed by atoms with Crippen LogP contribution in [0.15, 0.2) is 133 Å². The molecule has 0 atom stereocenters. The van der Waals surface area contributed by atoms with Crippen LogP contribution in [0.4, 0.5) is 0 Å². The first kappa shape index (κ1) is 21.0. The maximum atomic E-state index is 5.11. The first-order valence-corrected chi connectivity index (χ1v) is 12.9. The van der Waals surface area contributed by atoms with E-state index in [0.717, 1.165) is 33.5 Å². The first-order valence-electron chi connectivity index (χ1n) is 12.9. The molecule has 0 N–H and O–H groups in total. The lowest BCUT2D eigenvalue weighted by atomic mass is 9.94. The molecule has 8 rings (SSSR count). The van der Waals surface area contributed by atoms with Crippen molar-refractivity contribution in [3.05, 3.63) is 133 Å². The van der Waals surface area contributed by atoms with Crippen LogP contribution in [0, 0.1) is 0 Å². The van der Waals surface area contributed by atoms with E-state index in [9.17, 15) is 0 Å². The van der Waals surface area contributed by atoms with E-state index in [-0.39, 0.29) is 0 Å². The lowest BCUT2D eigenvalue weighted by Crippen LogP contribution is -1.95. The molecule has 0 aliphatic heterocycles. The summed E-state index contributed by atoms with van der Waals surface area (Å²) >= 11 is 0. The van der Waals surface area contributed by atoms with Crippen molar-refractivity contribution in [3.8, 4) is 56.0 Å². The second-order valence-corrected chi connectivity index (χ2v) is 9.79. The van der Waals surface area contributed by atoms with E-state index in [1.165, 1.54) is 44.2 Å². The number of rotatable bonds is 3. The number of hydrogen-bond donors (Lipinski definition) is 0. The maximum absolute atomic E-state index is 5.11. The number of benzene rings is 6. The van der Waals surface area contributed by atoms with Gasteiger partial charge in [-0.3, -0.25) is 0 Å². The van der Waals surface area contributed by atoms with Crippen LogP contribution in [0.5, 0.6) is 0 Å². The van der Waals surface area contributed by atoms with Crippen molar-refractivity contribution in [2.24, 2.45) is 0 Å². The van der Waals surface area contributed by atoms with Gasteiger partial charge in [-0.05, 0) is 56.3 Å². The van der Waals surface area contributed by atoms with Gasteiger partial charge in [0, 0.05) is 16.5 Å². The zero-order chi connectivity index (χ0) is 25.1. The predicted octanol–water partition coefficient (Wildman–Crippen LogP) is 9.43. The molecule has 0 bridgehead atoms. The van der Waals surface area contributed by atoms with E-state index in [1.54, 1.807) is 0 Å². The van der Waals surface area contributed by atoms with Crippen LogP contribution in [0.25, 0.3) is 77.7 Å². The summed E-state index contributed by atoms with van der Waals surface area (Å²) in [4.78, 5) is 10.1. The molecule has 1 aromatic heterocycles. The van der Waals surface area contributed by atoms with Crippen molar-refractivity contribution in [1.29, 1.82) is 0 Å². The van der Waals surface area contributed by atoms with Crippen LogP contribution in [-0.4, -0.2) is 9.97 Å². The third-order valence-electron chi connectivity index (χ3n) is 7.63. The molecule has 0 saturated heterocycles. The van der Waals surface area contributed by atoms with Crippen LogP contribution in [0.1, 0.15) is 0 Å². The Kier molecular flexibility index (Phi) is 4.55. The minimum Gasteiger partial charge on any atom is -0.228 e. The molecule has 6 aromatic carbocycles. The normalized spacial score (nSPS) is 11.7. The fourth-order valence-corrected chi connectivity index (χ4v) is 5.89. The lowest BCUT2D eigenvalue weighted by molar-refractivity contribution is 1.23. The Bertz CT molecular complexity index is 2010. The van der Waals surface area contributed by atoms with Gasteiger partial charge in [-0.2, -0.15) is 0 Å². The number of hydrogen-bond acceptors (Lipinski definition) is 2. The van der Waals surface area contributed by atoms with E-state index in [2.05, 4.69) is 121 Å². The van der Waals surface area contributed by atoms with Gasteiger partial charge in [0.15, 0.2) is 5.82 Å². The Balaban J connectivity index is 1.33. The van der Waals surface area contributed by atoms with Crippen LogP contribution in [0.2, 0.25) is 0 Å². The van der Waals surface area contributed by atoms with Crippen LogP contribution >= 0.6 is 0 Å². The maximum Gasteiger partial charge on any atom is 0.160 e. The first-order chi connectivity index (χ1) is 18.8. The topological polar surface area (TPSA) is 25.8 Å². The average Bonchev–Trinajstić information content (AvgIpc) is 3.32. The molecular weight excluding hydrogens is 460 g/mol. The third-order valence-corrected chi connectivity index (χ3v) is 7.63. The van der Waals surface area contributed by atoms with Crippen molar-refractivity contribution < 1.29 is 0 Å². The number of aromatic nitrogens is 2. The third kappa shape index (κ3) is 3.14. The van der Waals surface area contributed by atoms with Gasteiger partial charge in [-0.25, -0.2) is 9.97 Å². The van der Waals surface area contributed by atoms with Crippen LogP contribution < -0.4 is 0 Å². The zero-order valence-electron chi connectivity index (χ0n) is 20.6. The molecule has 2 heteroatoms. The smallest absolute Gasteiger partial charge is 0.160 e. The van der Waals surface area contributed by atoms with Gasteiger partial charge >= 0.3 is 0 Å². The summed E-state index contributed by atoms with van der Waals surface area (Å²) in [5.41, 5.74) is 11.6. The molecule has 1 aliphatic rings. The highest BCUT2D eigenvalue weighted by Crippen LogP contribution is 2.50. The van der Waals surface area contributed by atoms with Crippen molar-refractivity contribution in [2.75, 3.05) is 0 Å². The van der Waals surface area contributed by atoms with Gasteiger partial charge in [-0.15, -0.1) is 0 Å². The van der Waals surface area contributed by atoms with E-state index in [0.29, 0.717) is 0 Å². The van der Waals surface area contributed by atoms with Crippen LogP contribution in [-0.2, 0) is 0 Å². The second-order valence-electron chi connectivity index (χ2n) is 9.79. The largest absolute Gasteiger partial charge is 0.228 e. The predicted molar refractivity (Wildman–Crippen MR) is 158 cm³/mol. The van der Waals surface area contributed by atoms with Crippen molar-refractivity contribution >= 4 is 21.7 Å². The summed E-state index contributed by atoms with van der Waals surface area (Å²) in [6, 6.07) is 47.2. The van der Waals surface area contributed by atoms with Gasteiger partial charge < -0.3 is 0 Å². The minimum absolute atomic E-state index is 0.749. The van der Waals surface area contributed by atoms with E-state index < -0.39 is 0 Å². The molecule has 7 aromatic rings. The molecule has 176 valence electrons. The lowest BCUT2D eigenvalue weighted by Gasteiger charge is -2.10. The molecule has 1 heterocycles. The summed E-state index contributed by atoms with van der Waals surface area (Å²) in [7, 11) is 0. The Labute approximate surface area is 220 Å². The number of para-hydroxylation sites is 1. The fourth-order valence-electron chi connectivity index (χ4n) is 5.89. The Morgan fingerprint density at radius 3 is 1.87 bits per heavy atom. The highest BCUT2D eigenvalue weighted by molar-refractivity contribution is 6.19. The molecule has 0 saturated carbocycles. The Morgan fingerprint density at radius 1 is 0.368 bits per heavy atom. The van der Waals surface area contributed by atoms with Gasteiger partial charge in [0.25, 0.3) is 0 Å². The molecule has 0 fully saturated rings. The molecule has 38 heavy (non-hydrogen) atoms. The minimum atomic E-state index is 0.749. The van der Waals surface area contributed by atoms with Crippen molar-refractivity contribution in [2.45, 2.75) is 0 Å². The molecule has 0 radical (unpaired) electrons. The van der Waals surface area contributed by atoms with Gasteiger partial charge in [-0.1, -0.05) is 121 Å². The van der Waals surface area contributed by atoms with E-state index in [4.69, 9.17) is 9.97 Å². The van der Waals surface area contributed by atoms with Gasteiger partial charge in [0.1, 0.15) is 0 Å². The summed E-state index contributed by atoms with van der Waals surface area (Å²) in [5, 5.41) is 3.68. The summed E-state index contributed by atoms with van der Waals surface area (Å²) in [6.45, 7) is 0. The second kappa shape index (κ2) is 8.22. The molecule has 0 unspecified atom stereocenters. The SMILES string of the molecule is c1ccc(-c2nc(-c3ccc4c(c3)-c3cccc5c(-c6ccccc6)ccc-4c35)nc3ccccc23)cc1. The van der Waals surface area contributed by atoms with E-state index in [1.807, 2.05) is 12.1 Å². The standard InChI is InChI=1S/C36H22N2/c1-3-10-23(11-4-1)26-20-21-30-27-19-18-25(22-32(27)29-16-9-15-28(26)34(29)30)36-37-33-17-8-7-14-31(33)35(38-36)24-12-5-2-6-13-24/h1-22H. The number of fused-ring (bicyclic) bond motifs is 4. The molecule has 0 spiro atoms.